The Morgan fingerprint density at radius 3 is 2.95 bits per heavy atom. The number of benzene rings is 1. The summed E-state index contributed by atoms with van der Waals surface area (Å²) in [5, 5.41) is 3.66. The minimum atomic E-state index is 0.300. The van der Waals surface area contributed by atoms with Gasteiger partial charge in [-0.2, -0.15) is 0 Å². The monoisotopic (exact) mass is 408 g/mol. The van der Waals surface area contributed by atoms with Crippen LogP contribution in [0.15, 0.2) is 45.5 Å². The second kappa shape index (κ2) is 6.59. The third kappa shape index (κ3) is 3.08. The van der Waals surface area contributed by atoms with Gasteiger partial charge in [-0.1, -0.05) is 50.9 Å². The summed E-state index contributed by atoms with van der Waals surface area (Å²) in [7, 11) is 0. The van der Waals surface area contributed by atoms with Crippen molar-refractivity contribution in [3.05, 3.63) is 62.3 Å². The Kier molecular flexibility index (Phi) is 4.77. The van der Waals surface area contributed by atoms with Gasteiger partial charge >= 0.3 is 0 Å². The van der Waals surface area contributed by atoms with E-state index < -0.39 is 0 Å². The molecule has 1 aliphatic rings. The van der Waals surface area contributed by atoms with Crippen LogP contribution < -0.4 is 5.32 Å². The molecule has 1 heterocycles. The molecule has 0 aliphatic heterocycles. The summed E-state index contributed by atoms with van der Waals surface area (Å²) < 4.78 is 2.24. The first-order valence-corrected chi connectivity index (χ1v) is 8.91. The second-order valence-electron chi connectivity index (χ2n) is 5.39. The zero-order chi connectivity index (χ0) is 14.8. The van der Waals surface area contributed by atoms with Gasteiger partial charge < -0.3 is 5.32 Å². The number of aryl methyl sites for hydroxylation is 1. The predicted molar refractivity (Wildman–Crippen MR) is 93.6 cm³/mol. The lowest BCUT2D eigenvalue weighted by molar-refractivity contribution is 0.446. The van der Waals surface area contributed by atoms with Gasteiger partial charge in [0.2, 0.25) is 0 Å². The summed E-state index contributed by atoms with van der Waals surface area (Å²) in [4.78, 5) is 4.65. The maximum atomic E-state index is 4.65. The van der Waals surface area contributed by atoms with Gasteiger partial charge in [0.1, 0.15) is 0 Å². The van der Waals surface area contributed by atoms with Gasteiger partial charge in [-0.05, 0) is 48.7 Å². The fourth-order valence-electron chi connectivity index (χ4n) is 3.21. The molecule has 2 nitrogen and oxygen atoms in total. The Labute approximate surface area is 142 Å². The quantitative estimate of drug-likeness (QED) is 0.769. The molecule has 2 aromatic rings. The SMILES string of the molecule is CCNC(c1ccc(Br)cc1Br)C1CCc2cccnc21. The highest BCUT2D eigenvalue weighted by atomic mass is 79.9. The van der Waals surface area contributed by atoms with Gasteiger partial charge in [0.05, 0.1) is 0 Å². The van der Waals surface area contributed by atoms with Crippen molar-refractivity contribution in [3.63, 3.8) is 0 Å². The molecule has 0 spiro atoms. The van der Waals surface area contributed by atoms with Crippen LogP contribution in [0.1, 0.15) is 42.1 Å². The van der Waals surface area contributed by atoms with Crippen LogP contribution in [0.5, 0.6) is 0 Å². The van der Waals surface area contributed by atoms with Crippen molar-refractivity contribution in [2.75, 3.05) is 6.54 Å². The van der Waals surface area contributed by atoms with Crippen LogP contribution in [0.2, 0.25) is 0 Å². The highest BCUT2D eigenvalue weighted by molar-refractivity contribution is 9.11. The summed E-state index contributed by atoms with van der Waals surface area (Å²) in [5.41, 5.74) is 3.97. The average Bonchev–Trinajstić information content (AvgIpc) is 2.89. The third-order valence-electron chi connectivity index (χ3n) is 4.13. The number of nitrogens with one attached hydrogen (secondary N) is 1. The number of pyridine rings is 1. The molecular weight excluding hydrogens is 392 g/mol. The number of hydrogen-bond donors (Lipinski definition) is 1. The number of nitrogens with zero attached hydrogens (tertiary/aromatic N) is 1. The van der Waals surface area contributed by atoms with E-state index in [0.29, 0.717) is 12.0 Å². The lowest BCUT2D eigenvalue weighted by Gasteiger charge is -2.26. The largest absolute Gasteiger partial charge is 0.310 e. The van der Waals surface area contributed by atoms with E-state index in [1.165, 1.54) is 16.8 Å². The third-order valence-corrected chi connectivity index (χ3v) is 5.31. The molecule has 1 aromatic carbocycles. The van der Waals surface area contributed by atoms with Crippen LogP contribution in [0.25, 0.3) is 0 Å². The molecule has 0 bridgehead atoms. The number of rotatable bonds is 4. The summed E-state index contributed by atoms with van der Waals surface area (Å²) >= 11 is 7.25. The van der Waals surface area contributed by atoms with E-state index in [9.17, 15) is 0 Å². The molecule has 1 N–H and O–H groups in total. The maximum absolute atomic E-state index is 4.65. The molecule has 21 heavy (non-hydrogen) atoms. The molecule has 2 atom stereocenters. The standard InChI is InChI=1S/C17H18Br2N2/c1-2-20-17(13-8-6-12(18)10-15(13)19)14-7-5-11-4-3-9-21-16(11)14/h3-4,6,8-10,14,17,20H,2,5,7H2,1H3. The number of aromatic nitrogens is 1. The van der Waals surface area contributed by atoms with Crippen molar-refractivity contribution >= 4 is 31.9 Å². The maximum Gasteiger partial charge on any atom is 0.0485 e. The van der Waals surface area contributed by atoms with E-state index in [4.69, 9.17) is 0 Å². The van der Waals surface area contributed by atoms with E-state index in [1.807, 2.05) is 12.3 Å². The summed E-state index contributed by atoms with van der Waals surface area (Å²) in [6.45, 7) is 3.11. The van der Waals surface area contributed by atoms with E-state index in [2.05, 4.69) is 73.3 Å². The van der Waals surface area contributed by atoms with E-state index in [-0.39, 0.29) is 0 Å². The molecule has 0 amide bonds. The molecule has 110 valence electrons. The Hall–Kier alpha value is -0.710. The fourth-order valence-corrected chi connectivity index (χ4v) is 4.50. The average molecular weight is 410 g/mol. The number of likely N-dealkylation sites (N-methyl/N-ethyl adjacent to an activating group) is 1. The number of hydrogen-bond acceptors (Lipinski definition) is 2. The van der Waals surface area contributed by atoms with E-state index in [0.717, 1.165) is 28.3 Å². The van der Waals surface area contributed by atoms with Gasteiger partial charge in [0.15, 0.2) is 0 Å². The van der Waals surface area contributed by atoms with Crippen molar-refractivity contribution in [1.82, 2.24) is 10.3 Å². The van der Waals surface area contributed by atoms with Crippen molar-refractivity contribution in [1.29, 1.82) is 0 Å². The van der Waals surface area contributed by atoms with Crippen molar-refractivity contribution < 1.29 is 0 Å². The highest BCUT2D eigenvalue weighted by Crippen LogP contribution is 2.42. The molecule has 1 aliphatic carbocycles. The Morgan fingerprint density at radius 1 is 1.33 bits per heavy atom. The van der Waals surface area contributed by atoms with Crippen molar-refractivity contribution in [2.24, 2.45) is 0 Å². The summed E-state index contributed by atoms with van der Waals surface area (Å²) in [5.74, 6) is 0.443. The normalized spacial score (nSPS) is 18.5. The first kappa shape index (κ1) is 15.2. The number of halogens is 2. The van der Waals surface area contributed by atoms with Gasteiger partial charge in [-0.15, -0.1) is 0 Å². The van der Waals surface area contributed by atoms with Crippen molar-refractivity contribution in [2.45, 2.75) is 31.7 Å². The summed E-state index contributed by atoms with van der Waals surface area (Å²) in [6, 6.07) is 11.0. The first-order valence-electron chi connectivity index (χ1n) is 7.32. The van der Waals surface area contributed by atoms with Crippen LogP contribution in [0, 0.1) is 0 Å². The molecule has 0 saturated heterocycles. The van der Waals surface area contributed by atoms with Gasteiger partial charge in [-0.3, -0.25) is 4.98 Å². The Bertz CT molecular complexity index is 642. The molecule has 0 saturated carbocycles. The molecule has 0 fully saturated rings. The zero-order valence-electron chi connectivity index (χ0n) is 11.9. The molecular formula is C17H18Br2N2. The molecule has 3 rings (SSSR count). The Balaban J connectivity index is 1.99. The smallest absolute Gasteiger partial charge is 0.0485 e. The lowest BCUT2D eigenvalue weighted by Crippen LogP contribution is -2.26. The van der Waals surface area contributed by atoms with Crippen LogP contribution in [0.3, 0.4) is 0 Å². The van der Waals surface area contributed by atoms with Gasteiger partial charge in [-0.25, -0.2) is 0 Å². The lowest BCUT2D eigenvalue weighted by atomic mass is 9.90. The number of fused-ring (bicyclic) bond motifs is 1. The van der Waals surface area contributed by atoms with Crippen LogP contribution >= 0.6 is 31.9 Å². The Morgan fingerprint density at radius 2 is 2.19 bits per heavy atom. The van der Waals surface area contributed by atoms with E-state index in [1.54, 1.807) is 0 Å². The molecule has 4 heteroatoms. The molecule has 0 radical (unpaired) electrons. The highest BCUT2D eigenvalue weighted by Gasteiger charge is 2.32. The topological polar surface area (TPSA) is 24.9 Å². The van der Waals surface area contributed by atoms with Crippen LogP contribution in [-0.4, -0.2) is 11.5 Å². The minimum absolute atomic E-state index is 0.300. The predicted octanol–water partition coefficient (Wildman–Crippen LogP) is 4.99. The van der Waals surface area contributed by atoms with Gasteiger partial charge in [0, 0.05) is 32.8 Å². The van der Waals surface area contributed by atoms with Crippen LogP contribution in [0.4, 0.5) is 0 Å². The summed E-state index contributed by atoms with van der Waals surface area (Å²) in [6.07, 6.45) is 4.20. The fraction of sp³-hybridized carbons (Fsp3) is 0.353. The first-order chi connectivity index (χ1) is 10.2. The van der Waals surface area contributed by atoms with E-state index >= 15 is 0 Å². The van der Waals surface area contributed by atoms with Crippen LogP contribution in [-0.2, 0) is 6.42 Å². The minimum Gasteiger partial charge on any atom is -0.310 e. The zero-order valence-corrected chi connectivity index (χ0v) is 15.1. The second-order valence-corrected chi connectivity index (χ2v) is 7.16. The molecule has 1 aromatic heterocycles. The van der Waals surface area contributed by atoms with Gasteiger partial charge in [0.25, 0.3) is 0 Å². The van der Waals surface area contributed by atoms with Crippen molar-refractivity contribution in [3.8, 4) is 0 Å². The molecule has 2 unspecified atom stereocenters.